The molecule has 1 aromatic heterocycles. The zero-order valence-electron chi connectivity index (χ0n) is 44.5. The Labute approximate surface area is 470 Å². The smallest absolute Gasteiger partial charge is 0.303 e. The van der Waals surface area contributed by atoms with Crippen molar-refractivity contribution in [1.29, 1.82) is 0 Å². The number of aliphatic imine (C=N–C) groups is 2. The van der Waals surface area contributed by atoms with Crippen LogP contribution in [-0.4, -0.2) is 166 Å². The molecule has 3 aliphatic heterocycles. The standard InChI is InChI=1S/C53H70N14O11S2/c1-30-11-10-22-67(30)52(78)43-29-80-79-28-42(60-31(2)68)51(77)63-38(18-19-45(70)71)48(74)66-41(25-34-14-8-20-56-34)50(76)64-39(23-32-12-4-3-5-13-32)49(75)62-37(17-9-21-57-53(54)55)47(73)65-40(46(72)59-27-44(69)61-43)24-33-26-58-36-16-7-6-15-35(33)36/h3-7,12-16,20,26,30,37-43,58H,8-11,17-19,21-25,27-29H2,1-2H3,(H,59,72)(H,60,68)(H,61,69)(H,62,75)(H,63,77)(H,64,76)(H,65,73)(H,66,74)(H,70,71)(H4,54,55,57)/t30-,37+,38+,39-,40+,41+,42+,43+/m1/s1. The normalized spacial score (nSPS) is 24.2. The number of likely N-dealkylation sites (tertiary alicyclic amines) is 1. The number of carboxylic acids is 1. The van der Waals surface area contributed by atoms with Gasteiger partial charge >= 0.3 is 5.97 Å². The van der Waals surface area contributed by atoms with E-state index in [-0.39, 0.29) is 68.1 Å². The van der Waals surface area contributed by atoms with Gasteiger partial charge in [-0.05, 0) is 56.2 Å². The topological polar surface area (TPSA) is 383 Å². The number of rotatable bonds is 15. The number of amides is 9. The number of allylic oxidation sites excluding steroid dienone is 1. The van der Waals surface area contributed by atoms with Crippen molar-refractivity contribution in [2.24, 2.45) is 21.5 Å². The Morgan fingerprint density at radius 1 is 0.762 bits per heavy atom. The molecule has 430 valence electrons. The second-order valence-corrected chi connectivity index (χ2v) is 22.1. The van der Waals surface area contributed by atoms with Gasteiger partial charge in [-0.25, -0.2) is 0 Å². The second kappa shape index (κ2) is 30.4. The molecule has 0 spiro atoms. The summed E-state index contributed by atoms with van der Waals surface area (Å²) in [7, 11) is 2.18. The number of hydrogen-bond donors (Lipinski definition) is 12. The Kier molecular flexibility index (Phi) is 23.3. The molecule has 8 atom stereocenters. The first kappa shape index (κ1) is 61.3. The molecule has 6 rings (SSSR count). The van der Waals surface area contributed by atoms with Gasteiger partial charge in [0.1, 0.15) is 42.3 Å². The Hall–Kier alpha value is -7.94. The van der Waals surface area contributed by atoms with Gasteiger partial charge in [0.15, 0.2) is 5.96 Å². The monoisotopic (exact) mass is 1140 g/mol. The van der Waals surface area contributed by atoms with E-state index in [2.05, 4.69) is 57.5 Å². The molecule has 4 heterocycles. The maximum absolute atomic E-state index is 14.8. The van der Waals surface area contributed by atoms with Crippen LogP contribution in [0.5, 0.6) is 0 Å². The lowest BCUT2D eigenvalue weighted by atomic mass is 10.0. The van der Waals surface area contributed by atoms with Crippen LogP contribution in [0, 0.1) is 0 Å². The zero-order chi connectivity index (χ0) is 57.7. The van der Waals surface area contributed by atoms with Crippen LogP contribution in [0.3, 0.4) is 0 Å². The Bertz CT molecular complexity index is 2830. The maximum Gasteiger partial charge on any atom is 0.303 e. The summed E-state index contributed by atoms with van der Waals surface area (Å²) in [5.74, 6) is -8.54. The number of carbonyl (C=O) groups is 10. The Morgan fingerprint density at radius 3 is 2.04 bits per heavy atom. The van der Waals surface area contributed by atoms with E-state index in [0.717, 1.165) is 45.3 Å². The summed E-state index contributed by atoms with van der Waals surface area (Å²) in [6.07, 6.45) is 5.52. The minimum atomic E-state index is -1.57. The van der Waals surface area contributed by atoms with E-state index in [4.69, 9.17) is 11.5 Å². The van der Waals surface area contributed by atoms with Crippen molar-refractivity contribution in [2.75, 3.05) is 31.1 Å². The van der Waals surface area contributed by atoms with Gasteiger partial charge in [-0.3, -0.25) is 57.9 Å². The van der Waals surface area contributed by atoms with Gasteiger partial charge in [-0.2, -0.15) is 0 Å². The predicted octanol–water partition coefficient (Wildman–Crippen LogP) is -0.444. The van der Waals surface area contributed by atoms with Gasteiger partial charge in [-0.15, -0.1) is 0 Å². The highest BCUT2D eigenvalue weighted by molar-refractivity contribution is 8.76. The Balaban J connectivity index is 1.39. The number of nitrogens with two attached hydrogens (primary N) is 2. The molecule has 3 aliphatic rings. The molecule has 2 saturated heterocycles. The summed E-state index contributed by atoms with van der Waals surface area (Å²) >= 11 is 0. The number of fused-ring (bicyclic) bond motifs is 1. The van der Waals surface area contributed by atoms with E-state index < -0.39 is 115 Å². The number of carbonyl (C=O) groups excluding carboxylic acids is 9. The van der Waals surface area contributed by atoms with Crippen LogP contribution in [0.15, 0.2) is 82.6 Å². The summed E-state index contributed by atoms with van der Waals surface area (Å²) < 4.78 is 0. The van der Waals surface area contributed by atoms with Gasteiger partial charge in [0.05, 0.1) is 6.54 Å². The number of benzene rings is 2. The number of aromatic nitrogens is 1. The molecule has 14 N–H and O–H groups in total. The van der Waals surface area contributed by atoms with Crippen molar-refractivity contribution >= 4 is 104 Å². The van der Waals surface area contributed by atoms with Gasteiger partial charge in [0, 0.05) is 98.7 Å². The summed E-state index contributed by atoms with van der Waals surface area (Å²) in [6.45, 7) is 2.93. The third-order valence-corrected chi connectivity index (χ3v) is 15.8. The van der Waals surface area contributed by atoms with E-state index >= 15 is 0 Å². The molecule has 80 heavy (non-hydrogen) atoms. The third-order valence-electron chi connectivity index (χ3n) is 13.4. The number of H-pyrrole nitrogens is 1. The number of aromatic amines is 1. The molecular weight excluding hydrogens is 1070 g/mol. The SMILES string of the molecule is CC(=O)N[C@H]1CSSC[C@@H](C(=O)N2CCC[C@H]2C)NC(=O)CNC(=O)[C@H](Cc2c[nH]c3ccccc23)NC(=O)[C@H](CCCN=C(N)N)NC(=O)[C@@H](Cc2ccccc2)NC(=O)[C@H](CC2=CCC=N2)NC(=O)[C@H](CCC(=O)O)NC1=O. The first-order valence-corrected chi connectivity index (χ1v) is 28.8. The first-order chi connectivity index (χ1) is 38.3. The summed E-state index contributed by atoms with van der Waals surface area (Å²) in [5, 5.41) is 31.8. The highest BCUT2D eigenvalue weighted by Gasteiger charge is 2.36. The average molecular weight is 1140 g/mol. The maximum atomic E-state index is 14.8. The quantitative estimate of drug-likeness (QED) is 0.0397. The Morgan fingerprint density at radius 2 is 1.39 bits per heavy atom. The van der Waals surface area contributed by atoms with Gasteiger partial charge in [-0.1, -0.05) is 76.2 Å². The fraction of sp³-hybridized carbons (Fsp3) is 0.472. The van der Waals surface area contributed by atoms with Crippen LogP contribution in [0.2, 0.25) is 0 Å². The van der Waals surface area contributed by atoms with Crippen LogP contribution >= 0.6 is 21.6 Å². The predicted molar refractivity (Wildman–Crippen MR) is 302 cm³/mol. The van der Waals surface area contributed by atoms with Crippen LogP contribution in [0.25, 0.3) is 10.9 Å². The molecule has 0 radical (unpaired) electrons. The molecule has 2 aromatic carbocycles. The number of para-hydroxylation sites is 1. The highest BCUT2D eigenvalue weighted by Crippen LogP contribution is 2.26. The van der Waals surface area contributed by atoms with Crippen LogP contribution in [0.1, 0.15) is 76.3 Å². The minimum Gasteiger partial charge on any atom is -0.481 e. The first-order valence-electron chi connectivity index (χ1n) is 26.3. The molecule has 0 aliphatic carbocycles. The summed E-state index contributed by atoms with van der Waals surface area (Å²) in [5.41, 5.74) is 13.6. The fourth-order valence-corrected chi connectivity index (χ4v) is 11.6. The third kappa shape index (κ3) is 18.9. The molecule has 0 bridgehead atoms. The van der Waals surface area contributed by atoms with Crippen molar-refractivity contribution in [3.8, 4) is 0 Å². The van der Waals surface area contributed by atoms with E-state index in [1.54, 1.807) is 53.7 Å². The minimum absolute atomic E-state index is 0.0316. The number of nitrogens with one attached hydrogen (secondary N) is 9. The number of nitrogens with zero attached hydrogens (tertiary/aromatic N) is 3. The molecule has 2 fully saturated rings. The van der Waals surface area contributed by atoms with Gasteiger partial charge < -0.3 is 69.0 Å². The number of aliphatic carboxylic acids is 1. The number of guanidine groups is 1. The molecule has 0 saturated carbocycles. The fourth-order valence-electron chi connectivity index (χ4n) is 9.26. The summed E-state index contributed by atoms with van der Waals surface area (Å²) in [4.78, 5) is 152. The average Bonchev–Trinajstić information content (AvgIpc) is 4.22. The lowest BCUT2D eigenvalue weighted by Gasteiger charge is -2.28. The van der Waals surface area contributed by atoms with Crippen molar-refractivity contribution < 1.29 is 53.1 Å². The van der Waals surface area contributed by atoms with E-state index in [1.165, 1.54) is 6.92 Å². The van der Waals surface area contributed by atoms with Crippen LogP contribution in [0.4, 0.5) is 0 Å². The van der Waals surface area contributed by atoms with E-state index in [0.29, 0.717) is 29.8 Å². The highest BCUT2D eigenvalue weighted by atomic mass is 33.1. The molecule has 9 amide bonds. The number of carboxylic acid groups (broad SMARTS) is 1. The van der Waals surface area contributed by atoms with Crippen molar-refractivity contribution in [1.82, 2.24) is 52.4 Å². The van der Waals surface area contributed by atoms with Crippen molar-refractivity contribution in [3.63, 3.8) is 0 Å². The lowest BCUT2D eigenvalue weighted by molar-refractivity contribution is -0.138. The molecule has 0 unspecified atom stereocenters. The van der Waals surface area contributed by atoms with E-state index in [1.807, 2.05) is 31.2 Å². The van der Waals surface area contributed by atoms with Crippen molar-refractivity contribution in [3.05, 3.63) is 83.7 Å². The molecule has 27 heteroatoms. The van der Waals surface area contributed by atoms with Gasteiger partial charge in [0.25, 0.3) is 0 Å². The van der Waals surface area contributed by atoms with Crippen LogP contribution < -0.4 is 54.0 Å². The molecule has 3 aromatic rings. The van der Waals surface area contributed by atoms with E-state index in [9.17, 15) is 53.1 Å². The largest absolute Gasteiger partial charge is 0.481 e. The summed E-state index contributed by atoms with van der Waals surface area (Å²) in [6, 6.07) is 6.16. The zero-order valence-corrected chi connectivity index (χ0v) is 46.1. The van der Waals surface area contributed by atoms with Crippen molar-refractivity contribution in [2.45, 2.75) is 126 Å². The van der Waals surface area contributed by atoms with Crippen LogP contribution in [-0.2, 0) is 60.8 Å². The van der Waals surface area contributed by atoms with Gasteiger partial charge in [0.2, 0.25) is 53.2 Å². The second-order valence-electron chi connectivity index (χ2n) is 19.6. The molecular formula is C53H70N14O11S2. The number of hydrogen-bond acceptors (Lipinski definition) is 14. The lowest BCUT2D eigenvalue weighted by Crippen LogP contribution is -2.60. The molecule has 25 nitrogen and oxygen atoms in total.